The highest BCUT2D eigenvalue weighted by Crippen LogP contribution is 2.62. The van der Waals surface area contributed by atoms with Crippen LogP contribution in [0.5, 0.6) is 0 Å². The Balaban J connectivity index is 2.25. The molecule has 0 aliphatic heterocycles. The standard InChI is InChI=1S/C10H14ClNO3/c1-15-8(13)10-4-2-9(6-10,3-5-10)7(11)12-14/h14H,2-6H2,1H3/b12-7-. The summed E-state index contributed by atoms with van der Waals surface area (Å²) in [6.45, 7) is 0. The molecule has 0 saturated heterocycles. The second-order valence-electron chi connectivity index (χ2n) is 4.62. The van der Waals surface area contributed by atoms with Crippen LogP contribution in [0.4, 0.5) is 0 Å². The first kappa shape index (κ1) is 10.7. The number of halogens is 1. The quantitative estimate of drug-likeness (QED) is 0.343. The summed E-state index contributed by atoms with van der Waals surface area (Å²) in [6.07, 6.45) is 3.85. The molecule has 2 aliphatic carbocycles. The lowest BCUT2D eigenvalue weighted by atomic mass is 9.82. The van der Waals surface area contributed by atoms with Gasteiger partial charge in [0, 0.05) is 5.41 Å². The number of hydrogen-bond donors (Lipinski definition) is 1. The highest BCUT2D eigenvalue weighted by Gasteiger charge is 2.60. The third kappa shape index (κ3) is 1.34. The number of rotatable bonds is 2. The maximum Gasteiger partial charge on any atom is 0.311 e. The minimum Gasteiger partial charge on any atom is -0.469 e. The van der Waals surface area contributed by atoms with E-state index in [2.05, 4.69) is 5.16 Å². The molecule has 2 saturated carbocycles. The SMILES string of the molecule is COC(=O)C12CCC(/C(Cl)=N/O)(CC1)C2. The Morgan fingerprint density at radius 2 is 1.87 bits per heavy atom. The molecule has 1 N–H and O–H groups in total. The van der Waals surface area contributed by atoms with E-state index in [4.69, 9.17) is 21.5 Å². The van der Waals surface area contributed by atoms with E-state index in [1.165, 1.54) is 7.11 Å². The van der Waals surface area contributed by atoms with Gasteiger partial charge in [0.1, 0.15) is 0 Å². The van der Waals surface area contributed by atoms with E-state index < -0.39 is 0 Å². The Morgan fingerprint density at radius 1 is 1.33 bits per heavy atom. The molecule has 2 bridgehead atoms. The Morgan fingerprint density at radius 3 is 2.33 bits per heavy atom. The smallest absolute Gasteiger partial charge is 0.311 e. The third-order valence-electron chi connectivity index (χ3n) is 3.98. The number of fused-ring (bicyclic) bond motifs is 2. The maximum absolute atomic E-state index is 11.7. The largest absolute Gasteiger partial charge is 0.469 e. The highest BCUT2D eigenvalue weighted by atomic mass is 35.5. The van der Waals surface area contributed by atoms with Crippen LogP contribution < -0.4 is 0 Å². The van der Waals surface area contributed by atoms with Gasteiger partial charge < -0.3 is 9.94 Å². The molecule has 0 radical (unpaired) electrons. The molecule has 0 aromatic heterocycles. The third-order valence-corrected chi connectivity index (χ3v) is 4.46. The van der Waals surface area contributed by atoms with Crippen LogP contribution in [0.2, 0.25) is 0 Å². The van der Waals surface area contributed by atoms with Gasteiger partial charge in [0.05, 0.1) is 12.5 Å². The summed E-state index contributed by atoms with van der Waals surface area (Å²) >= 11 is 5.91. The molecule has 2 fully saturated rings. The predicted octanol–water partition coefficient (Wildman–Crippen LogP) is 2.14. The molecule has 15 heavy (non-hydrogen) atoms. The van der Waals surface area contributed by atoms with Crippen molar-refractivity contribution in [2.24, 2.45) is 16.0 Å². The Labute approximate surface area is 93.2 Å². The van der Waals surface area contributed by atoms with Crippen molar-refractivity contribution in [3.05, 3.63) is 0 Å². The lowest BCUT2D eigenvalue weighted by molar-refractivity contribution is -0.152. The summed E-state index contributed by atoms with van der Waals surface area (Å²) in [7, 11) is 1.41. The summed E-state index contributed by atoms with van der Waals surface area (Å²) in [6, 6.07) is 0. The summed E-state index contributed by atoms with van der Waals surface area (Å²) in [4.78, 5) is 11.7. The fourth-order valence-electron chi connectivity index (χ4n) is 3.09. The predicted molar refractivity (Wildman–Crippen MR) is 55.0 cm³/mol. The van der Waals surface area contributed by atoms with Gasteiger partial charge in [-0.15, -0.1) is 0 Å². The molecule has 5 heteroatoms. The number of hydrogen-bond acceptors (Lipinski definition) is 4. The van der Waals surface area contributed by atoms with Crippen LogP contribution in [0.1, 0.15) is 32.1 Å². The van der Waals surface area contributed by atoms with Crippen LogP contribution in [0.25, 0.3) is 0 Å². The minimum absolute atomic E-state index is 0.149. The summed E-state index contributed by atoms with van der Waals surface area (Å²) in [5.41, 5.74) is -0.649. The van der Waals surface area contributed by atoms with Crippen molar-refractivity contribution in [2.75, 3.05) is 7.11 Å². The summed E-state index contributed by atoms with van der Waals surface area (Å²) in [5, 5.41) is 12.1. The van der Waals surface area contributed by atoms with Gasteiger partial charge >= 0.3 is 5.97 Å². The normalized spacial score (nSPS) is 39.5. The van der Waals surface area contributed by atoms with Gasteiger partial charge in [-0.25, -0.2) is 0 Å². The fourth-order valence-corrected chi connectivity index (χ4v) is 3.34. The molecule has 0 aromatic carbocycles. The zero-order chi connectivity index (χ0) is 11.1. The van der Waals surface area contributed by atoms with E-state index in [1.807, 2.05) is 0 Å². The van der Waals surface area contributed by atoms with Crippen molar-refractivity contribution < 1.29 is 14.7 Å². The van der Waals surface area contributed by atoms with E-state index in [0.29, 0.717) is 6.42 Å². The molecule has 2 rings (SSSR count). The van der Waals surface area contributed by atoms with Gasteiger partial charge in [0.2, 0.25) is 0 Å². The summed E-state index contributed by atoms with van der Waals surface area (Å²) < 4.78 is 4.83. The molecule has 0 heterocycles. The van der Waals surface area contributed by atoms with Crippen molar-refractivity contribution in [1.29, 1.82) is 0 Å². The number of carbonyl (C=O) groups excluding carboxylic acids is 1. The first-order valence-electron chi connectivity index (χ1n) is 5.05. The number of oxime groups is 1. The molecule has 0 unspecified atom stereocenters. The number of nitrogens with zero attached hydrogens (tertiary/aromatic N) is 1. The van der Waals surface area contributed by atoms with E-state index >= 15 is 0 Å². The maximum atomic E-state index is 11.7. The zero-order valence-corrected chi connectivity index (χ0v) is 9.38. The van der Waals surface area contributed by atoms with Crippen molar-refractivity contribution in [3.63, 3.8) is 0 Å². The molecular formula is C10H14ClNO3. The number of esters is 1. The second-order valence-corrected chi connectivity index (χ2v) is 4.98. The van der Waals surface area contributed by atoms with Gasteiger partial charge in [-0.2, -0.15) is 0 Å². The highest BCUT2D eigenvalue weighted by molar-refractivity contribution is 6.66. The lowest BCUT2D eigenvalue weighted by Gasteiger charge is -2.24. The number of methoxy groups -OCH3 is 1. The number of carbonyl (C=O) groups is 1. The van der Waals surface area contributed by atoms with Crippen LogP contribution in [0.3, 0.4) is 0 Å². The van der Waals surface area contributed by atoms with Gasteiger partial charge in [0.25, 0.3) is 0 Å². The molecule has 0 amide bonds. The lowest BCUT2D eigenvalue weighted by Crippen LogP contribution is -2.27. The number of ether oxygens (including phenoxy) is 1. The monoisotopic (exact) mass is 231 g/mol. The van der Waals surface area contributed by atoms with Gasteiger partial charge in [-0.1, -0.05) is 16.8 Å². The fraction of sp³-hybridized carbons (Fsp3) is 0.800. The molecule has 0 spiro atoms. The molecule has 0 aromatic rings. The van der Waals surface area contributed by atoms with Crippen molar-refractivity contribution in [3.8, 4) is 0 Å². The average Bonchev–Trinajstić information content (AvgIpc) is 2.85. The Bertz CT molecular complexity index is 319. The minimum atomic E-state index is -0.375. The van der Waals surface area contributed by atoms with Gasteiger partial charge in [0.15, 0.2) is 5.17 Å². The van der Waals surface area contributed by atoms with E-state index in [9.17, 15) is 4.79 Å². The average molecular weight is 232 g/mol. The van der Waals surface area contributed by atoms with Crippen LogP contribution in [0.15, 0.2) is 5.16 Å². The molecular weight excluding hydrogens is 218 g/mol. The first-order chi connectivity index (χ1) is 7.08. The van der Waals surface area contributed by atoms with Crippen LogP contribution >= 0.6 is 11.6 Å². The van der Waals surface area contributed by atoms with E-state index in [0.717, 1.165) is 25.7 Å². The van der Waals surface area contributed by atoms with E-state index in [1.54, 1.807) is 0 Å². The molecule has 2 aliphatic rings. The van der Waals surface area contributed by atoms with Crippen LogP contribution in [0, 0.1) is 10.8 Å². The first-order valence-corrected chi connectivity index (χ1v) is 5.43. The van der Waals surface area contributed by atoms with Crippen LogP contribution in [-0.4, -0.2) is 23.5 Å². The van der Waals surface area contributed by atoms with Crippen LogP contribution in [-0.2, 0) is 9.53 Å². The topological polar surface area (TPSA) is 58.9 Å². The summed E-state index contributed by atoms with van der Waals surface area (Å²) in [5.74, 6) is -0.149. The Kier molecular flexibility index (Phi) is 2.41. The second kappa shape index (κ2) is 3.37. The van der Waals surface area contributed by atoms with Crippen molar-refractivity contribution in [1.82, 2.24) is 0 Å². The molecule has 84 valence electrons. The van der Waals surface area contributed by atoms with Gasteiger partial charge in [-0.05, 0) is 32.1 Å². The van der Waals surface area contributed by atoms with Crippen molar-refractivity contribution in [2.45, 2.75) is 32.1 Å². The molecule has 4 nitrogen and oxygen atoms in total. The van der Waals surface area contributed by atoms with Gasteiger partial charge in [-0.3, -0.25) is 4.79 Å². The van der Waals surface area contributed by atoms with Crippen molar-refractivity contribution >= 4 is 22.7 Å². The van der Waals surface area contributed by atoms with E-state index in [-0.39, 0.29) is 22.0 Å². The zero-order valence-electron chi connectivity index (χ0n) is 8.62. The molecule has 0 atom stereocenters. The Hall–Kier alpha value is -0.770.